The summed E-state index contributed by atoms with van der Waals surface area (Å²) in [6, 6.07) is -1.32. The number of carboxylic acid groups (broad SMARTS) is 2. The van der Waals surface area contributed by atoms with Crippen molar-refractivity contribution in [3.63, 3.8) is 0 Å². The first kappa shape index (κ1) is 18.3. The van der Waals surface area contributed by atoms with Crippen LogP contribution in [0.25, 0.3) is 0 Å². The Hall–Kier alpha value is -3.71. The molecule has 1 rings (SSSR count). The van der Waals surface area contributed by atoms with Crippen LogP contribution in [0, 0.1) is 0 Å². The SMILES string of the molecule is O=C(O)CC[C@H](NC(=O)CCN1C(=O)C=CC1=O)C(=O)O.[Fm]. The van der Waals surface area contributed by atoms with E-state index in [1.807, 2.05) is 0 Å². The smallest absolute Gasteiger partial charge is 0.326 e. The molecule has 0 aliphatic carbocycles. The van der Waals surface area contributed by atoms with Crippen LogP contribution < -0.4 is 5.32 Å². The van der Waals surface area contributed by atoms with Crippen molar-refractivity contribution in [1.29, 1.82) is 0 Å². The normalized spacial score (nSPS) is 14.5. The Morgan fingerprint density at radius 2 is 1.64 bits per heavy atom. The van der Waals surface area contributed by atoms with Crippen LogP contribution in [-0.4, -0.2) is 57.4 Å². The number of rotatable bonds is 8. The van der Waals surface area contributed by atoms with E-state index in [-0.39, 0.29) is 19.4 Å². The van der Waals surface area contributed by atoms with E-state index in [1.54, 1.807) is 0 Å². The van der Waals surface area contributed by atoms with Gasteiger partial charge in [0.15, 0.2) is 0 Å². The topological polar surface area (TPSA) is 141 Å². The number of hydrogen-bond acceptors (Lipinski definition) is 5. The van der Waals surface area contributed by atoms with E-state index in [0.29, 0.717) is 0 Å². The Bertz CT molecular complexity index is 500. The zero-order chi connectivity index (χ0) is 16.0. The first-order valence-corrected chi connectivity index (χ1v) is 6.08. The number of aliphatic carboxylic acids is 2. The van der Waals surface area contributed by atoms with Crippen LogP contribution in [0.5, 0.6) is 0 Å². The van der Waals surface area contributed by atoms with Gasteiger partial charge in [-0.15, -0.1) is 0 Å². The van der Waals surface area contributed by atoms with Gasteiger partial charge in [-0.25, -0.2) is 4.79 Å². The van der Waals surface area contributed by atoms with Gasteiger partial charge in [0, 0.05) is 31.5 Å². The molecule has 0 spiro atoms. The van der Waals surface area contributed by atoms with Crippen LogP contribution in [0.3, 0.4) is 0 Å². The first-order chi connectivity index (χ1) is 9.81. The van der Waals surface area contributed by atoms with Crippen molar-refractivity contribution in [2.24, 2.45) is 0 Å². The molecule has 0 unspecified atom stereocenters. The second kappa shape index (κ2) is 7.78. The monoisotopic (exact) mass is 555 g/mol. The maximum Gasteiger partial charge on any atom is 0.326 e. The number of hydrogen-bond donors (Lipinski definition) is 3. The van der Waals surface area contributed by atoms with Gasteiger partial charge in [0.25, 0.3) is 11.8 Å². The summed E-state index contributed by atoms with van der Waals surface area (Å²) >= 11 is 0. The third-order valence-corrected chi connectivity index (χ3v) is 2.74. The molecule has 0 fully saturated rings. The molecule has 1 aliphatic rings. The second-order valence-corrected chi connectivity index (χ2v) is 4.30. The van der Waals surface area contributed by atoms with Crippen molar-refractivity contribution in [2.75, 3.05) is 6.54 Å². The van der Waals surface area contributed by atoms with Gasteiger partial charge < -0.3 is 15.5 Å². The maximum atomic E-state index is 11.6. The molecule has 1 heterocycles. The van der Waals surface area contributed by atoms with E-state index in [2.05, 4.69) is 5.32 Å². The summed E-state index contributed by atoms with van der Waals surface area (Å²) in [4.78, 5) is 56.2. The number of nitrogens with one attached hydrogen (secondary N) is 1. The number of nitrogens with zero attached hydrogens (tertiary/aromatic N) is 1. The molecule has 0 radical (unpaired) electrons. The summed E-state index contributed by atoms with van der Waals surface area (Å²) in [5.74, 6) is -4.27. The average molecular weight is 555 g/mol. The summed E-state index contributed by atoms with van der Waals surface area (Å²) in [7, 11) is 0. The molecule has 0 saturated carbocycles. The summed E-state index contributed by atoms with van der Waals surface area (Å²) in [5.41, 5.74) is 0. The summed E-state index contributed by atoms with van der Waals surface area (Å²) in [6.45, 7) is -0.165. The summed E-state index contributed by atoms with van der Waals surface area (Å²) in [5, 5.41) is 19.5. The molecule has 1 atom stereocenters. The van der Waals surface area contributed by atoms with E-state index in [9.17, 15) is 24.0 Å². The van der Waals surface area contributed by atoms with Gasteiger partial charge in [-0.2, -0.15) is 0 Å². The fourth-order valence-electron chi connectivity index (χ4n) is 1.66. The third-order valence-electron chi connectivity index (χ3n) is 2.74. The van der Waals surface area contributed by atoms with Gasteiger partial charge >= 0.3 is 11.9 Å². The van der Waals surface area contributed by atoms with Gasteiger partial charge in [-0.3, -0.25) is 24.1 Å². The molecular formula is C12H14FmN2O7. The van der Waals surface area contributed by atoms with Crippen LogP contribution in [-0.2, 0) is 24.0 Å². The Morgan fingerprint density at radius 1 is 1.09 bits per heavy atom. The van der Waals surface area contributed by atoms with Crippen molar-refractivity contribution in [2.45, 2.75) is 25.3 Å². The minimum atomic E-state index is -1.35. The largest absolute Gasteiger partial charge is 0.481 e. The summed E-state index contributed by atoms with van der Waals surface area (Å²) in [6.07, 6.45) is 1.25. The predicted molar refractivity (Wildman–Crippen MR) is 66.9 cm³/mol. The molecule has 10 heteroatoms. The molecule has 3 N–H and O–H groups in total. The minimum absolute atomic E-state index is 0. The molecule has 9 nitrogen and oxygen atoms in total. The Balaban J connectivity index is 0.00000441. The summed E-state index contributed by atoms with van der Waals surface area (Å²) < 4.78 is 0. The van der Waals surface area contributed by atoms with Crippen molar-refractivity contribution in [3.05, 3.63) is 12.2 Å². The molecule has 3 amide bonds. The number of carbonyl (C=O) groups is 5. The number of imide groups is 1. The molecule has 0 aromatic heterocycles. The van der Waals surface area contributed by atoms with Crippen molar-refractivity contribution in [3.8, 4) is 0 Å². The number of carboxylic acids is 2. The average Bonchev–Trinajstić information content (AvgIpc) is 2.71. The molecule has 0 bridgehead atoms. The van der Waals surface area contributed by atoms with E-state index < -0.39 is 42.1 Å². The van der Waals surface area contributed by atoms with Gasteiger partial charge in [0.05, 0.1) is 0 Å². The van der Waals surface area contributed by atoms with Crippen molar-refractivity contribution >= 4 is 29.7 Å². The van der Waals surface area contributed by atoms with Crippen molar-refractivity contribution in [1.82, 2.24) is 10.2 Å². The van der Waals surface area contributed by atoms with Crippen LogP contribution in [0.15, 0.2) is 12.2 Å². The van der Waals surface area contributed by atoms with Crippen LogP contribution in [0.4, 0.5) is 0 Å². The van der Waals surface area contributed by atoms with E-state index >= 15 is 0 Å². The van der Waals surface area contributed by atoms with E-state index in [0.717, 1.165) is 17.1 Å². The second-order valence-electron chi connectivity index (χ2n) is 4.30. The fourth-order valence-corrected chi connectivity index (χ4v) is 1.66. The zero-order valence-electron chi connectivity index (χ0n) is 11.2. The van der Waals surface area contributed by atoms with E-state index in [4.69, 9.17) is 10.2 Å². The molecular weight excluding hydrogens is 541 g/mol. The van der Waals surface area contributed by atoms with Crippen LogP contribution >= 0.6 is 0 Å². The number of carbonyl (C=O) groups excluding carboxylic acids is 3. The molecule has 0 aromatic carbocycles. The Labute approximate surface area is 119 Å². The molecule has 0 saturated heterocycles. The number of amides is 3. The predicted octanol–water partition coefficient (Wildman–Crippen LogP) is -1.26. The minimum Gasteiger partial charge on any atom is -0.481 e. The Morgan fingerprint density at radius 3 is 2.09 bits per heavy atom. The van der Waals surface area contributed by atoms with Gasteiger partial charge in [0.1, 0.15) is 6.04 Å². The van der Waals surface area contributed by atoms with Gasteiger partial charge in [-0.05, 0) is 6.42 Å². The molecule has 22 heavy (non-hydrogen) atoms. The van der Waals surface area contributed by atoms with Gasteiger partial charge in [-0.1, -0.05) is 0 Å². The molecule has 0 aromatic rings. The third kappa shape index (κ3) is 5.11. The Kier molecular flexibility index (Phi) is 6.47. The quantitative estimate of drug-likeness (QED) is 0.318. The molecule has 1 aliphatic heterocycles. The first-order valence-electron chi connectivity index (χ1n) is 6.08. The van der Waals surface area contributed by atoms with E-state index in [1.165, 1.54) is 0 Å². The molecule has 126 valence electrons. The van der Waals surface area contributed by atoms with Gasteiger partial charge in [0.2, 0.25) is 5.91 Å². The fraction of sp³-hybridized carbons (Fsp3) is 0.417. The maximum absolute atomic E-state index is 11.6. The van der Waals surface area contributed by atoms with Crippen LogP contribution in [0.2, 0.25) is 0 Å². The van der Waals surface area contributed by atoms with Crippen molar-refractivity contribution < 1.29 is 34.2 Å². The zero-order valence-corrected chi connectivity index (χ0v) is 13.6. The standard InChI is InChI=1S/C12H14N2O7.Fm/c15-8(5-6-14-9(16)2-3-10(14)17)13-7(12(20)21)1-4-11(18)19;/h2-3,7H,1,4-6H2,(H,13,15)(H,18,19)(H,20,21);/t7-;/m0./s1. The van der Waals surface area contributed by atoms with Crippen LogP contribution in [0.1, 0.15) is 19.3 Å².